The molecule has 1 aromatic heterocycles. The molecule has 2 aromatic rings. The monoisotopic (exact) mass is 505 g/mol. The number of halogens is 2. The first-order chi connectivity index (χ1) is 16.7. The quantitative estimate of drug-likeness (QED) is 0.275. The van der Waals surface area contributed by atoms with E-state index in [0.717, 1.165) is 41.9 Å². The SMILES string of the molecule is C[C@H](CCCCc1ccccc1)[C@@H](O)C=C[C@H]1CC(F)(F)C(=O)N1CCCc1ccc(C(=O)O)s1. The molecule has 1 saturated heterocycles. The number of carboxylic acids is 1. The van der Waals surface area contributed by atoms with Crippen molar-refractivity contribution in [2.75, 3.05) is 6.54 Å². The van der Waals surface area contributed by atoms with E-state index in [-0.39, 0.29) is 17.3 Å². The summed E-state index contributed by atoms with van der Waals surface area (Å²) in [6.07, 6.45) is 6.46. The van der Waals surface area contributed by atoms with Crippen molar-refractivity contribution < 1.29 is 28.6 Å². The second-order valence-corrected chi connectivity index (χ2v) is 10.4. The molecule has 0 radical (unpaired) electrons. The lowest BCUT2D eigenvalue weighted by atomic mass is 9.95. The van der Waals surface area contributed by atoms with E-state index in [4.69, 9.17) is 5.11 Å². The van der Waals surface area contributed by atoms with Gasteiger partial charge in [-0.05, 0) is 55.7 Å². The predicted molar refractivity (Wildman–Crippen MR) is 133 cm³/mol. The van der Waals surface area contributed by atoms with Gasteiger partial charge in [0.1, 0.15) is 4.88 Å². The number of carboxylic acid groups (broad SMARTS) is 1. The summed E-state index contributed by atoms with van der Waals surface area (Å²) in [5.41, 5.74) is 1.29. The van der Waals surface area contributed by atoms with Crippen LogP contribution in [-0.4, -0.2) is 51.6 Å². The molecular weight excluding hydrogens is 472 g/mol. The van der Waals surface area contributed by atoms with Gasteiger partial charge in [0.05, 0.1) is 12.1 Å². The maximum absolute atomic E-state index is 14.2. The van der Waals surface area contributed by atoms with E-state index in [9.17, 15) is 23.5 Å². The molecule has 0 unspecified atom stereocenters. The number of hydrogen-bond donors (Lipinski definition) is 2. The van der Waals surface area contributed by atoms with Gasteiger partial charge >= 0.3 is 11.9 Å². The van der Waals surface area contributed by atoms with Crippen LogP contribution in [0.4, 0.5) is 8.78 Å². The number of aliphatic hydroxyl groups is 1. The molecule has 0 spiro atoms. The van der Waals surface area contributed by atoms with Gasteiger partial charge < -0.3 is 15.1 Å². The third-order valence-electron chi connectivity index (χ3n) is 6.47. The number of nitrogens with zero attached hydrogens (tertiary/aromatic N) is 1. The largest absolute Gasteiger partial charge is 0.477 e. The number of benzene rings is 1. The summed E-state index contributed by atoms with van der Waals surface area (Å²) >= 11 is 1.15. The van der Waals surface area contributed by atoms with Gasteiger partial charge in [-0.15, -0.1) is 11.3 Å². The van der Waals surface area contributed by atoms with Crippen molar-refractivity contribution in [3.63, 3.8) is 0 Å². The predicted octanol–water partition coefficient (Wildman–Crippen LogP) is 5.58. The first kappa shape index (κ1) is 27.0. The molecule has 2 N–H and O–H groups in total. The maximum atomic E-state index is 14.2. The Balaban J connectivity index is 1.48. The van der Waals surface area contributed by atoms with Crippen LogP contribution >= 0.6 is 11.3 Å². The Morgan fingerprint density at radius 1 is 1.17 bits per heavy atom. The number of carbonyl (C=O) groups excluding carboxylic acids is 1. The van der Waals surface area contributed by atoms with Crippen molar-refractivity contribution in [1.82, 2.24) is 4.90 Å². The minimum atomic E-state index is -3.41. The van der Waals surface area contributed by atoms with Gasteiger partial charge in [-0.3, -0.25) is 4.79 Å². The second-order valence-electron chi connectivity index (χ2n) is 9.23. The molecule has 1 aromatic carbocycles. The van der Waals surface area contributed by atoms with E-state index < -0.39 is 36.4 Å². The standard InChI is InChI=1S/C27H33F2NO4S/c1-19(8-5-6-11-20-9-3-2-4-10-20)23(31)15-13-21-18-27(28,29)26(34)30(21)17-7-12-22-14-16-24(35-22)25(32)33/h2-4,9-10,13-16,19,21,23,31H,5-8,11-12,17-18H2,1H3,(H,32,33)/t19-,21+,23+/m1/s1. The zero-order valence-electron chi connectivity index (χ0n) is 19.9. The Morgan fingerprint density at radius 2 is 1.91 bits per heavy atom. The van der Waals surface area contributed by atoms with Crippen molar-refractivity contribution in [2.24, 2.45) is 5.92 Å². The number of rotatable bonds is 13. The molecule has 8 heteroatoms. The van der Waals surface area contributed by atoms with Gasteiger partial charge in [0.25, 0.3) is 5.91 Å². The zero-order valence-corrected chi connectivity index (χ0v) is 20.7. The van der Waals surface area contributed by atoms with Crippen molar-refractivity contribution in [3.8, 4) is 0 Å². The molecule has 0 aliphatic carbocycles. The highest BCUT2D eigenvalue weighted by molar-refractivity contribution is 7.13. The molecule has 0 saturated carbocycles. The van der Waals surface area contributed by atoms with Crippen LogP contribution in [0.1, 0.15) is 59.1 Å². The first-order valence-electron chi connectivity index (χ1n) is 12.1. The molecule has 1 amide bonds. The summed E-state index contributed by atoms with van der Waals surface area (Å²) in [4.78, 5) is 25.5. The molecule has 5 nitrogen and oxygen atoms in total. The number of aliphatic hydroxyl groups excluding tert-OH is 1. The van der Waals surface area contributed by atoms with Crippen molar-refractivity contribution >= 4 is 23.2 Å². The van der Waals surface area contributed by atoms with Crippen LogP contribution in [0.25, 0.3) is 0 Å². The average Bonchev–Trinajstić information content (AvgIpc) is 3.39. The number of aryl methyl sites for hydroxylation is 2. The number of carbonyl (C=O) groups is 2. The summed E-state index contributed by atoms with van der Waals surface area (Å²) in [5.74, 6) is -5.62. The van der Waals surface area contributed by atoms with Crippen molar-refractivity contribution in [2.45, 2.75) is 69.9 Å². The Hall–Kier alpha value is -2.58. The molecule has 2 heterocycles. The maximum Gasteiger partial charge on any atom is 0.345 e. The number of hydrogen-bond acceptors (Lipinski definition) is 4. The van der Waals surface area contributed by atoms with Gasteiger partial charge in [-0.2, -0.15) is 8.78 Å². The summed E-state index contributed by atoms with van der Waals surface area (Å²) in [6, 6.07) is 12.7. The molecular formula is C27H33F2NO4S. The van der Waals surface area contributed by atoms with Gasteiger partial charge in [-0.25, -0.2) is 4.79 Å². The minimum Gasteiger partial charge on any atom is -0.477 e. The number of unbranched alkanes of at least 4 members (excludes halogenated alkanes) is 1. The van der Waals surface area contributed by atoms with Crippen LogP contribution in [0.2, 0.25) is 0 Å². The Bertz CT molecular complexity index is 1010. The topological polar surface area (TPSA) is 77.8 Å². The number of thiophene rings is 1. The fraction of sp³-hybridized carbons (Fsp3) is 0.481. The van der Waals surface area contributed by atoms with Gasteiger partial charge in [0.15, 0.2) is 0 Å². The number of alkyl halides is 2. The third kappa shape index (κ3) is 7.70. The molecule has 1 fully saturated rings. The highest BCUT2D eigenvalue weighted by Gasteiger charge is 2.52. The highest BCUT2D eigenvalue weighted by atomic mass is 32.1. The molecule has 0 bridgehead atoms. The number of likely N-dealkylation sites (tertiary alicyclic amines) is 1. The second kappa shape index (κ2) is 12.4. The first-order valence-corrected chi connectivity index (χ1v) is 12.9. The van der Waals surface area contributed by atoms with Gasteiger partial charge in [0, 0.05) is 17.8 Å². The number of amides is 1. The van der Waals surface area contributed by atoms with E-state index in [2.05, 4.69) is 12.1 Å². The lowest BCUT2D eigenvalue weighted by molar-refractivity contribution is -0.148. The van der Waals surface area contributed by atoms with Crippen LogP contribution in [0.15, 0.2) is 54.6 Å². The van der Waals surface area contributed by atoms with E-state index in [1.165, 1.54) is 22.6 Å². The van der Waals surface area contributed by atoms with Crippen LogP contribution in [-0.2, 0) is 17.6 Å². The van der Waals surface area contributed by atoms with Crippen LogP contribution in [0.3, 0.4) is 0 Å². The number of aromatic carboxylic acids is 1. The molecule has 35 heavy (non-hydrogen) atoms. The summed E-state index contributed by atoms with van der Waals surface area (Å²) in [5, 5.41) is 19.5. The molecule has 1 aliphatic heterocycles. The smallest absolute Gasteiger partial charge is 0.345 e. The average molecular weight is 506 g/mol. The van der Waals surface area contributed by atoms with Gasteiger partial charge in [0.2, 0.25) is 0 Å². The van der Waals surface area contributed by atoms with Crippen LogP contribution < -0.4 is 0 Å². The normalized spacial score (nSPS) is 19.4. The van der Waals surface area contributed by atoms with Crippen LogP contribution in [0.5, 0.6) is 0 Å². The zero-order chi connectivity index (χ0) is 25.4. The highest BCUT2D eigenvalue weighted by Crippen LogP contribution is 2.34. The van der Waals surface area contributed by atoms with Crippen LogP contribution in [0, 0.1) is 5.92 Å². The molecule has 1 aliphatic rings. The lowest BCUT2D eigenvalue weighted by Crippen LogP contribution is -2.36. The van der Waals surface area contributed by atoms with Crippen molar-refractivity contribution in [1.29, 1.82) is 0 Å². The fourth-order valence-corrected chi connectivity index (χ4v) is 5.24. The Kier molecular flexibility index (Phi) is 9.57. The molecule has 3 atom stereocenters. The van der Waals surface area contributed by atoms with E-state index >= 15 is 0 Å². The minimum absolute atomic E-state index is 0.0182. The van der Waals surface area contributed by atoms with Gasteiger partial charge in [-0.1, -0.05) is 55.8 Å². The Labute approximate surface area is 209 Å². The summed E-state index contributed by atoms with van der Waals surface area (Å²) < 4.78 is 28.3. The summed E-state index contributed by atoms with van der Waals surface area (Å²) in [6.45, 7) is 2.09. The van der Waals surface area contributed by atoms with E-state index in [0.29, 0.717) is 12.8 Å². The Morgan fingerprint density at radius 3 is 2.60 bits per heavy atom. The van der Waals surface area contributed by atoms with E-state index in [1.807, 2.05) is 25.1 Å². The lowest BCUT2D eigenvalue weighted by Gasteiger charge is -2.22. The third-order valence-corrected chi connectivity index (χ3v) is 7.60. The van der Waals surface area contributed by atoms with E-state index in [1.54, 1.807) is 12.1 Å². The summed E-state index contributed by atoms with van der Waals surface area (Å²) in [7, 11) is 0. The molecule has 190 valence electrons. The fourth-order valence-electron chi connectivity index (χ4n) is 4.35. The molecule has 3 rings (SSSR count). The van der Waals surface area contributed by atoms with Crippen molar-refractivity contribution in [3.05, 3.63) is 69.9 Å².